The van der Waals surface area contributed by atoms with Crippen LogP contribution in [0.3, 0.4) is 0 Å². The zero-order chi connectivity index (χ0) is 17.8. The van der Waals surface area contributed by atoms with Gasteiger partial charge in [0.15, 0.2) is 6.04 Å². The van der Waals surface area contributed by atoms with Crippen molar-refractivity contribution < 1.29 is 19.4 Å². The minimum Gasteiger partial charge on any atom is -0.480 e. The molecule has 2 atom stereocenters. The van der Waals surface area contributed by atoms with Crippen molar-refractivity contribution in [1.29, 1.82) is 0 Å². The van der Waals surface area contributed by atoms with Gasteiger partial charge in [0.05, 0.1) is 12.7 Å². The second kappa shape index (κ2) is 11.6. The summed E-state index contributed by atoms with van der Waals surface area (Å²) in [5.41, 5.74) is 0.978. The molecule has 0 aliphatic heterocycles. The second-order valence-corrected chi connectivity index (χ2v) is 5.94. The van der Waals surface area contributed by atoms with E-state index in [0.717, 1.165) is 31.2 Å². The summed E-state index contributed by atoms with van der Waals surface area (Å²) in [4.78, 5) is 23.5. The van der Waals surface area contributed by atoms with Crippen LogP contribution in [0.2, 0.25) is 0 Å². The Morgan fingerprint density at radius 2 is 1.83 bits per heavy atom. The van der Waals surface area contributed by atoms with Crippen LogP contribution in [0.4, 0.5) is 0 Å². The van der Waals surface area contributed by atoms with Crippen LogP contribution < -0.4 is 5.32 Å². The molecule has 24 heavy (non-hydrogen) atoms. The number of carbonyl (C=O) groups excluding carboxylic acids is 1. The summed E-state index contributed by atoms with van der Waals surface area (Å²) >= 11 is 0. The van der Waals surface area contributed by atoms with E-state index in [9.17, 15) is 14.7 Å². The number of unbranched alkanes of at least 4 members (excludes halogenated alkanes) is 3. The predicted octanol–water partition coefficient (Wildman–Crippen LogP) is 3.52. The number of benzene rings is 1. The quantitative estimate of drug-likeness (QED) is 0.573. The summed E-state index contributed by atoms with van der Waals surface area (Å²) < 4.78 is 5.75. The molecule has 0 spiro atoms. The fraction of sp³-hybridized carbons (Fsp3) is 0.579. The zero-order valence-corrected chi connectivity index (χ0v) is 14.7. The summed E-state index contributed by atoms with van der Waals surface area (Å²) in [6.07, 6.45) is 4.29. The number of carbonyl (C=O) groups is 2. The molecule has 2 N–H and O–H groups in total. The number of hydrogen-bond donors (Lipinski definition) is 2. The highest BCUT2D eigenvalue weighted by Crippen LogP contribution is 2.11. The first-order chi connectivity index (χ1) is 11.6. The van der Waals surface area contributed by atoms with Gasteiger partial charge in [-0.3, -0.25) is 4.79 Å². The fourth-order valence-electron chi connectivity index (χ4n) is 2.50. The molecule has 0 unspecified atom stereocenters. The fourth-order valence-corrected chi connectivity index (χ4v) is 2.50. The third-order valence-electron chi connectivity index (χ3n) is 3.92. The van der Waals surface area contributed by atoms with Crippen LogP contribution in [-0.2, 0) is 20.9 Å². The van der Waals surface area contributed by atoms with Crippen LogP contribution in [0.25, 0.3) is 0 Å². The lowest BCUT2D eigenvalue weighted by atomic mass is 10.1. The number of carboxylic acid groups (broad SMARTS) is 1. The van der Waals surface area contributed by atoms with Gasteiger partial charge in [-0.05, 0) is 18.4 Å². The van der Waals surface area contributed by atoms with Crippen molar-refractivity contribution in [3.05, 3.63) is 35.9 Å². The summed E-state index contributed by atoms with van der Waals surface area (Å²) in [5, 5.41) is 12.1. The molecule has 0 heterocycles. The van der Waals surface area contributed by atoms with Crippen molar-refractivity contribution in [3.8, 4) is 0 Å². The minimum atomic E-state index is -1.06. The summed E-state index contributed by atoms with van der Waals surface area (Å²) in [6.45, 7) is 4.30. The molecule has 0 bridgehead atoms. The van der Waals surface area contributed by atoms with Crippen LogP contribution in [0.1, 0.15) is 57.9 Å². The largest absolute Gasteiger partial charge is 0.480 e. The Morgan fingerprint density at radius 1 is 1.12 bits per heavy atom. The monoisotopic (exact) mass is 335 g/mol. The molecule has 0 radical (unpaired) electrons. The maximum absolute atomic E-state index is 12.0. The summed E-state index contributed by atoms with van der Waals surface area (Å²) in [5.74, 6) is -1.28. The number of nitrogens with one attached hydrogen (secondary N) is 1. The Bertz CT molecular complexity index is 489. The van der Waals surface area contributed by atoms with E-state index >= 15 is 0 Å². The number of amides is 1. The van der Waals surface area contributed by atoms with E-state index < -0.39 is 18.1 Å². The first kappa shape index (κ1) is 20.2. The molecule has 1 aromatic carbocycles. The van der Waals surface area contributed by atoms with Gasteiger partial charge in [0, 0.05) is 6.42 Å². The van der Waals surface area contributed by atoms with E-state index in [4.69, 9.17) is 4.74 Å². The molecule has 1 rings (SSSR count). The van der Waals surface area contributed by atoms with Gasteiger partial charge in [0.2, 0.25) is 5.91 Å². The van der Waals surface area contributed by atoms with E-state index in [2.05, 4.69) is 12.2 Å². The van der Waals surface area contributed by atoms with Crippen LogP contribution in [0, 0.1) is 0 Å². The Morgan fingerprint density at radius 3 is 2.42 bits per heavy atom. The van der Waals surface area contributed by atoms with Crippen molar-refractivity contribution in [2.24, 2.45) is 0 Å². The minimum absolute atomic E-state index is 0.222. The van der Waals surface area contributed by atoms with Gasteiger partial charge >= 0.3 is 5.97 Å². The molecule has 0 saturated heterocycles. The average molecular weight is 335 g/mol. The number of hydrogen-bond acceptors (Lipinski definition) is 3. The first-order valence-corrected chi connectivity index (χ1v) is 8.76. The number of rotatable bonds is 12. The highest BCUT2D eigenvalue weighted by molar-refractivity contribution is 5.83. The van der Waals surface area contributed by atoms with Crippen LogP contribution >= 0.6 is 0 Å². The standard InChI is InChI=1S/C19H29NO4/c1-3-5-6-10-13-17(21)20-18(19(22)23)16(4-2)24-14-15-11-8-7-9-12-15/h7-9,11-12,16,18H,3-6,10,13-14H2,1-2H3,(H,20,21)(H,22,23)/t16-,18-/m1/s1. The van der Waals surface area contributed by atoms with Gasteiger partial charge in [0.25, 0.3) is 0 Å². The highest BCUT2D eigenvalue weighted by Gasteiger charge is 2.29. The Hall–Kier alpha value is -1.88. The van der Waals surface area contributed by atoms with Gasteiger partial charge in [-0.2, -0.15) is 0 Å². The normalized spacial score (nSPS) is 13.2. The zero-order valence-electron chi connectivity index (χ0n) is 14.7. The molecular weight excluding hydrogens is 306 g/mol. The predicted molar refractivity (Wildman–Crippen MR) is 93.6 cm³/mol. The molecule has 0 aliphatic carbocycles. The molecule has 0 aliphatic rings. The van der Waals surface area contributed by atoms with Crippen LogP contribution in [0.5, 0.6) is 0 Å². The van der Waals surface area contributed by atoms with E-state index in [0.29, 0.717) is 19.4 Å². The van der Waals surface area contributed by atoms with Crippen molar-refractivity contribution in [2.45, 2.75) is 71.1 Å². The van der Waals surface area contributed by atoms with Gasteiger partial charge in [0.1, 0.15) is 0 Å². The van der Waals surface area contributed by atoms with E-state index in [-0.39, 0.29) is 5.91 Å². The third-order valence-corrected chi connectivity index (χ3v) is 3.92. The van der Waals surface area contributed by atoms with Crippen molar-refractivity contribution >= 4 is 11.9 Å². The maximum atomic E-state index is 12.0. The van der Waals surface area contributed by atoms with Gasteiger partial charge in [-0.25, -0.2) is 4.79 Å². The van der Waals surface area contributed by atoms with Gasteiger partial charge in [-0.15, -0.1) is 0 Å². The Kier molecular flexibility index (Phi) is 9.77. The molecule has 134 valence electrons. The molecule has 0 saturated carbocycles. The topological polar surface area (TPSA) is 75.6 Å². The SMILES string of the molecule is CCCCCCC(=O)N[C@@H](C(=O)O)[C@@H](CC)OCc1ccccc1. The lowest BCUT2D eigenvalue weighted by Crippen LogP contribution is -2.49. The lowest BCUT2D eigenvalue weighted by Gasteiger charge is -2.24. The second-order valence-electron chi connectivity index (χ2n) is 5.94. The first-order valence-electron chi connectivity index (χ1n) is 8.76. The molecule has 0 fully saturated rings. The lowest BCUT2D eigenvalue weighted by molar-refractivity contribution is -0.147. The van der Waals surface area contributed by atoms with Crippen molar-refractivity contribution in [2.75, 3.05) is 0 Å². The van der Waals surface area contributed by atoms with Crippen LogP contribution in [-0.4, -0.2) is 29.1 Å². The Labute approximate surface area is 144 Å². The molecule has 1 aromatic rings. The van der Waals surface area contributed by atoms with E-state index in [1.54, 1.807) is 0 Å². The average Bonchev–Trinajstić information content (AvgIpc) is 2.59. The molecule has 5 heteroatoms. The van der Waals surface area contributed by atoms with Gasteiger partial charge < -0.3 is 15.2 Å². The third kappa shape index (κ3) is 7.59. The van der Waals surface area contributed by atoms with Gasteiger partial charge in [-0.1, -0.05) is 63.4 Å². The summed E-state index contributed by atoms with van der Waals surface area (Å²) in [6, 6.07) is 8.57. The van der Waals surface area contributed by atoms with Crippen molar-refractivity contribution in [3.63, 3.8) is 0 Å². The summed E-state index contributed by atoms with van der Waals surface area (Å²) in [7, 11) is 0. The molecule has 1 amide bonds. The van der Waals surface area contributed by atoms with E-state index in [1.165, 1.54) is 0 Å². The maximum Gasteiger partial charge on any atom is 0.328 e. The highest BCUT2D eigenvalue weighted by atomic mass is 16.5. The number of carboxylic acids is 1. The smallest absolute Gasteiger partial charge is 0.328 e. The number of ether oxygens (including phenoxy) is 1. The van der Waals surface area contributed by atoms with Crippen molar-refractivity contribution in [1.82, 2.24) is 5.32 Å². The van der Waals surface area contributed by atoms with Crippen LogP contribution in [0.15, 0.2) is 30.3 Å². The Balaban J connectivity index is 2.53. The molecule has 0 aromatic heterocycles. The van der Waals surface area contributed by atoms with E-state index in [1.807, 2.05) is 37.3 Å². The molecule has 5 nitrogen and oxygen atoms in total. The molecular formula is C19H29NO4. The number of aliphatic carboxylic acids is 1.